The van der Waals surface area contributed by atoms with Gasteiger partial charge in [0.1, 0.15) is 11.9 Å². The smallest absolute Gasteiger partial charge is 1.00 e. The fourth-order valence-electron chi connectivity index (χ4n) is 2.46. The molecule has 0 bridgehead atoms. The minimum atomic E-state index is 0. The van der Waals surface area contributed by atoms with E-state index >= 15 is 0 Å². The van der Waals surface area contributed by atoms with Gasteiger partial charge in [0.05, 0.1) is 0 Å². The van der Waals surface area contributed by atoms with Crippen LogP contribution >= 0.6 is 11.3 Å². The second kappa shape index (κ2) is 9.96. The van der Waals surface area contributed by atoms with Crippen LogP contribution in [0.25, 0.3) is 10.8 Å². The van der Waals surface area contributed by atoms with E-state index in [1.54, 1.807) is 11.3 Å². The van der Waals surface area contributed by atoms with Crippen molar-refractivity contribution in [1.82, 2.24) is 5.32 Å². The summed E-state index contributed by atoms with van der Waals surface area (Å²) in [5, 5.41) is 7.70. The standard InChI is InChI=1S/C18H19NOS.ClH.Fe/c1-19-12-11-17(18-10-5-13-21-18)20-16-9-4-7-14-6-2-3-8-15(14)16;;/h2-10,13,17,19H,11-12H2,1H3;1H;/q;;+3/p-1/t17-;;/m0../s1. The first-order chi connectivity index (χ1) is 10.4. The zero-order valence-corrected chi connectivity index (χ0v) is 15.5. The molecule has 121 valence electrons. The molecule has 1 heterocycles. The Hall–Kier alpha value is -1.03. The van der Waals surface area contributed by atoms with E-state index in [1.807, 2.05) is 7.05 Å². The fourth-order valence-corrected chi connectivity index (χ4v) is 3.25. The van der Waals surface area contributed by atoms with Crippen molar-refractivity contribution in [3.05, 3.63) is 64.9 Å². The number of rotatable bonds is 6. The maximum atomic E-state index is 6.34. The van der Waals surface area contributed by atoms with E-state index in [-0.39, 0.29) is 35.6 Å². The molecule has 3 rings (SSSR count). The predicted octanol–water partition coefficient (Wildman–Crippen LogP) is 1.63. The normalized spacial score (nSPS) is 11.3. The number of fused-ring (bicyclic) bond motifs is 1. The van der Waals surface area contributed by atoms with Crippen molar-refractivity contribution in [2.75, 3.05) is 13.6 Å². The third-order valence-corrected chi connectivity index (χ3v) is 4.50. The Morgan fingerprint density at radius 2 is 1.83 bits per heavy atom. The van der Waals surface area contributed by atoms with E-state index in [0.29, 0.717) is 0 Å². The first-order valence-corrected chi connectivity index (χ1v) is 8.09. The molecule has 0 amide bonds. The minimum Gasteiger partial charge on any atom is -1.00 e. The molecule has 23 heavy (non-hydrogen) atoms. The van der Waals surface area contributed by atoms with Crippen molar-refractivity contribution in [3.8, 4) is 5.75 Å². The van der Waals surface area contributed by atoms with Crippen LogP contribution in [0.1, 0.15) is 17.4 Å². The van der Waals surface area contributed by atoms with Crippen LogP contribution in [0.3, 0.4) is 0 Å². The van der Waals surface area contributed by atoms with Gasteiger partial charge in [0.2, 0.25) is 0 Å². The summed E-state index contributed by atoms with van der Waals surface area (Å²) >= 11 is 1.75. The topological polar surface area (TPSA) is 21.3 Å². The zero-order valence-electron chi connectivity index (χ0n) is 12.8. The first kappa shape index (κ1) is 20.0. The van der Waals surface area contributed by atoms with Crippen LogP contribution in [0.2, 0.25) is 0 Å². The van der Waals surface area contributed by atoms with Crippen LogP contribution < -0.4 is 22.5 Å². The van der Waals surface area contributed by atoms with E-state index in [1.165, 1.54) is 15.6 Å². The summed E-state index contributed by atoms with van der Waals surface area (Å²) in [6.07, 6.45) is 1.06. The Balaban J connectivity index is 0.00000132. The van der Waals surface area contributed by atoms with Crippen molar-refractivity contribution in [1.29, 1.82) is 0 Å². The van der Waals surface area contributed by atoms with Gasteiger partial charge in [0, 0.05) is 16.7 Å². The van der Waals surface area contributed by atoms with Gasteiger partial charge in [-0.3, -0.25) is 0 Å². The predicted molar refractivity (Wildman–Crippen MR) is 90.2 cm³/mol. The van der Waals surface area contributed by atoms with Crippen LogP contribution in [0.5, 0.6) is 5.75 Å². The SMILES string of the molecule is CNCC[C@H](Oc1cccc2ccccc12)c1cccs1.[Cl-].[Fe+3]. The molecular weight excluding hydrogens is 370 g/mol. The van der Waals surface area contributed by atoms with Crippen LogP contribution in [0.4, 0.5) is 0 Å². The number of ether oxygens (including phenoxy) is 1. The second-order valence-electron chi connectivity index (χ2n) is 4.99. The van der Waals surface area contributed by atoms with Crippen LogP contribution in [0, 0.1) is 0 Å². The van der Waals surface area contributed by atoms with Crippen molar-refractivity contribution in [2.24, 2.45) is 0 Å². The molecule has 0 unspecified atom stereocenters. The van der Waals surface area contributed by atoms with Crippen molar-refractivity contribution in [2.45, 2.75) is 12.5 Å². The van der Waals surface area contributed by atoms with Gasteiger partial charge in [-0.05, 0) is 36.5 Å². The van der Waals surface area contributed by atoms with Gasteiger partial charge in [-0.1, -0.05) is 42.5 Å². The van der Waals surface area contributed by atoms with Gasteiger partial charge < -0.3 is 22.5 Å². The molecule has 1 atom stereocenters. The third kappa shape index (κ3) is 4.97. The Morgan fingerprint density at radius 1 is 1.04 bits per heavy atom. The summed E-state index contributed by atoms with van der Waals surface area (Å²) in [5.74, 6) is 0.961. The summed E-state index contributed by atoms with van der Waals surface area (Å²) in [4.78, 5) is 1.28. The molecule has 1 N–H and O–H groups in total. The van der Waals surface area contributed by atoms with E-state index < -0.39 is 0 Å². The van der Waals surface area contributed by atoms with E-state index in [2.05, 4.69) is 65.3 Å². The number of benzene rings is 2. The van der Waals surface area contributed by atoms with Gasteiger partial charge in [-0.25, -0.2) is 0 Å². The number of hydrogen-bond acceptors (Lipinski definition) is 3. The minimum absolute atomic E-state index is 0. The molecule has 2 aromatic carbocycles. The molecule has 0 fully saturated rings. The maximum absolute atomic E-state index is 6.34. The second-order valence-corrected chi connectivity index (χ2v) is 5.97. The molecule has 0 aliphatic rings. The number of thiophene rings is 1. The van der Waals surface area contributed by atoms with Crippen molar-refractivity contribution < 1.29 is 34.2 Å². The van der Waals surface area contributed by atoms with E-state index in [0.717, 1.165) is 18.7 Å². The van der Waals surface area contributed by atoms with Crippen LogP contribution in [-0.2, 0) is 17.1 Å². The molecule has 0 aliphatic carbocycles. The summed E-state index contributed by atoms with van der Waals surface area (Å²) in [5.41, 5.74) is 0. The van der Waals surface area contributed by atoms with Gasteiger partial charge in [-0.15, -0.1) is 11.3 Å². The van der Waals surface area contributed by atoms with Gasteiger partial charge >= 0.3 is 17.1 Å². The third-order valence-electron chi connectivity index (χ3n) is 3.54. The van der Waals surface area contributed by atoms with Gasteiger partial charge in [0.25, 0.3) is 0 Å². The molecule has 0 saturated heterocycles. The number of hydrogen-bond donors (Lipinski definition) is 1. The van der Waals surface area contributed by atoms with E-state index in [9.17, 15) is 0 Å². The van der Waals surface area contributed by atoms with Crippen LogP contribution in [0.15, 0.2) is 60.0 Å². The molecule has 1 radical (unpaired) electrons. The van der Waals surface area contributed by atoms with Crippen molar-refractivity contribution >= 4 is 22.1 Å². The average Bonchev–Trinajstić information content (AvgIpc) is 3.06. The maximum Gasteiger partial charge on any atom is 3.00 e. The van der Waals surface area contributed by atoms with Crippen molar-refractivity contribution in [3.63, 3.8) is 0 Å². The first-order valence-electron chi connectivity index (χ1n) is 7.21. The average molecular weight is 389 g/mol. The van der Waals surface area contributed by atoms with Gasteiger partial charge in [-0.2, -0.15) is 0 Å². The Labute approximate surface area is 158 Å². The molecule has 5 heteroatoms. The monoisotopic (exact) mass is 388 g/mol. The van der Waals surface area contributed by atoms with Crippen LogP contribution in [-0.4, -0.2) is 13.6 Å². The molecule has 0 aliphatic heterocycles. The Bertz CT molecular complexity index is 700. The van der Waals surface area contributed by atoms with Gasteiger partial charge in [0.15, 0.2) is 0 Å². The molecular formula is C18H19ClFeNOS+2. The Morgan fingerprint density at radius 3 is 2.57 bits per heavy atom. The quantitative estimate of drug-likeness (QED) is 0.648. The largest absolute Gasteiger partial charge is 3.00 e. The summed E-state index contributed by atoms with van der Waals surface area (Å²) < 4.78 is 6.34. The molecule has 2 nitrogen and oxygen atoms in total. The number of nitrogens with one attached hydrogen (secondary N) is 1. The molecule has 0 spiro atoms. The molecule has 3 aromatic rings. The molecule has 1 aromatic heterocycles. The summed E-state index contributed by atoms with van der Waals surface area (Å²) in [6, 6.07) is 18.8. The van der Waals surface area contributed by atoms with E-state index in [4.69, 9.17) is 4.74 Å². The number of halogens is 1. The fraction of sp³-hybridized carbons (Fsp3) is 0.222. The summed E-state index contributed by atoms with van der Waals surface area (Å²) in [6.45, 7) is 0.938. The zero-order chi connectivity index (χ0) is 14.5. The molecule has 0 saturated carbocycles. The Kier molecular flexibility index (Phi) is 8.67. The summed E-state index contributed by atoms with van der Waals surface area (Å²) in [7, 11) is 1.98.